The first-order valence-electron chi connectivity index (χ1n) is 6.11. The number of carboxylic acids is 1. The molecular formula is C14H19Br2NO2. The minimum absolute atomic E-state index is 0.0605. The maximum atomic E-state index is 10.7. The van der Waals surface area contributed by atoms with Crippen LogP contribution in [0.1, 0.15) is 32.8 Å². The van der Waals surface area contributed by atoms with Gasteiger partial charge in [-0.05, 0) is 70.3 Å². The predicted octanol–water partition coefficient (Wildman–Crippen LogP) is 4.29. The molecule has 1 rings (SSSR count). The van der Waals surface area contributed by atoms with Gasteiger partial charge in [0.05, 0.1) is 6.42 Å². The van der Waals surface area contributed by atoms with Gasteiger partial charge in [-0.3, -0.25) is 9.69 Å². The molecule has 0 aromatic heterocycles. The first-order chi connectivity index (χ1) is 8.70. The van der Waals surface area contributed by atoms with E-state index in [1.165, 1.54) is 0 Å². The van der Waals surface area contributed by atoms with Gasteiger partial charge in [0.15, 0.2) is 0 Å². The van der Waals surface area contributed by atoms with Crippen LogP contribution in [0.2, 0.25) is 0 Å². The molecule has 0 aliphatic heterocycles. The quantitative estimate of drug-likeness (QED) is 0.812. The molecule has 0 saturated heterocycles. The lowest BCUT2D eigenvalue weighted by molar-refractivity contribution is -0.137. The molecule has 1 N–H and O–H groups in total. The summed E-state index contributed by atoms with van der Waals surface area (Å²) in [6.07, 6.45) is 0.162. The molecular weight excluding hydrogens is 374 g/mol. The molecule has 0 amide bonds. The highest BCUT2D eigenvalue weighted by atomic mass is 79.9. The lowest BCUT2D eigenvalue weighted by Gasteiger charge is -2.35. The van der Waals surface area contributed by atoms with E-state index in [1.807, 2.05) is 12.1 Å². The lowest BCUT2D eigenvalue weighted by Crippen LogP contribution is -2.42. The molecule has 0 spiro atoms. The molecule has 5 heteroatoms. The number of aliphatic carboxylic acids is 1. The highest BCUT2D eigenvalue weighted by Crippen LogP contribution is 2.26. The summed E-state index contributed by atoms with van der Waals surface area (Å²) in [4.78, 5) is 12.9. The Labute approximate surface area is 131 Å². The Morgan fingerprint density at radius 1 is 1.26 bits per heavy atom. The third kappa shape index (κ3) is 5.63. The zero-order chi connectivity index (χ0) is 14.6. The zero-order valence-corrected chi connectivity index (χ0v) is 14.6. The summed E-state index contributed by atoms with van der Waals surface area (Å²) in [5, 5.41) is 8.83. The van der Waals surface area contributed by atoms with Crippen LogP contribution in [0.3, 0.4) is 0 Å². The molecule has 0 bridgehead atoms. The number of hydrogen-bond acceptors (Lipinski definition) is 2. The van der Waals surface area contributed by atoms with Crippen molar-refractivity contribution in [2.75, 3.05) is 6.54 Å². The number of carbonyl (C=O) groups is 1. The fourth-order valence-electron chi connectivity index (χ4n) is 1.74. The van der Waals surface area contributed by atoms with Crippen LogP contribution >= 0.6 is 31.9 Å². The van der Waals surface area contributed by atoms with E-state index in [2.05, 4.69) is 63.6 Å². The van der Waals surface area contributed by atoms with Gasteiger partial charge in [0.25, 0.3) is 0 Å². The van der Waals surface area contributed by atoms with E-state index in [1.54, 1.807) is 0 Å². The van der Waals surface area contributed by atoms with Crippen LogP contribution in [0.15, 0.2) is 27.1 Å². The van der Waals surface area contributed by atoms with Crippen molar-refractivity contribution in [1.82, 2.24) is 4.90 Å². The second kappa shape index (κ2) is 6.86. The maximum Gasteiger partial charge on any atom is 0.304 e. The summed E-state index contributed by atoms with van der Waals surface area (Å²) in [6.45, 7) is 7.59. The van der Waals surface area contributed by atoms with Gasteiger partial charge >= 0.3 is 5.97 Å². The van der Waals surface area contributed by atoms with E-state index in [0.29, 0.717) is 6.54 Å². The molecule has 1 aromatic carbocycles. The molecule has 106 valence electrons. The molecule has 0 aliphatic rings. The Morgan fingerprint density at radius 2 is 1.89 bits per heavy atom. The highest BCUT2D eigenvalue weighted by Gasteiger charge is 2.22. The molecule has 0 heterocycles. The minimum atomic E-state index is -0.758. The summed E-state index contributed by atoms with van der Waals surface area (Å²) in [6, 6.07) is 6.11. The van der Waals surface area contributed by atoms with Gasteiger partial charge in [-0.1, -0.05) is 6.07 Å². The average Bonchev–Trinajstić information content (AvgIpc) is 2.27. The molecule has 3 nitrogen and oxygen atoms in total. The summed E-state index contributed by atoms with van der Waals surface area (Å²) >= 11 is 6.94. The van der Waals surface area contributed by atoms with Gasteiger partial charge in [-0.25, -0.2) is 0 Å². The Kier molecular flexibility index (Phi) is 6.02. The standard InChI is InChI=1S/C14H19Br2NO2/c1-14(2,3)17(7-6-13(18)19)9-10-4-5-11(15)12(16)8-10/h4-5,8H,6-7,9H2,1-3H3,(H,18,19). The van der Waals surface area contributed by atoms with Crippen LogP contribution in [-0.4, -0.2) is 28.1 Å². The molecule has 0 radical (unpaired) electrons. The van der Waals surface area contributed by atoms with Gasteiger partial charge in [0, 0.05) is 27.6 Å². The molecule has 0 saturated carbocycles. The summed E-state index contributed by atoms with van der Waals surface area (Å²) in [5.41, 5.74) is 1.10. The van der Waals surface area contributed by atoms with Gasteiger partial charge in [0.1, 0.15) is 0 Å². The fourth-order valence-corrected chi connectivity index (χ4v) is 2.41. The van der Waals surface area contributed by atoms with Crippen molar-refractivity contribution in [2.45, 2.75) is 39.3 Å². The van der Waals surface area contributed by atoms with E-state index < -0.39 is 5.97 Å². The molecule has 1 aromatic rings. The number of halogens is 2. The van der Waals surface area contributed by atoms with Crippen molar-refractivity contribution in [3.05, 3.63) is 32.7 Å². The summed E-state index contributed by atoms with van der Waals surface area (Å²) in [5.74, 6) is -0.758. The van der Waals surface area contributed by atoms with Gasteiger partial charge < -0.3 is 5.11 Å². The minimum Gasteiger partial charge on any atom is -0.481 e. The van der Waals surface area contributed by atoms with E-state index >= 15 is 0 Å². The van der Waals surface area contributed by atoms with Crippen LogP contribution in [-0.2, 0) is 11.3 Å². The zero-order valence-electron chi connectivity index (χ0n) is 11.4. The summed E-state index contributed by atoms with van der Waals surface area (Å²) in [7, 11) is 0. The van der Waals surface area contributed by atoms with Crippen LogP contribution in [0.25, 0.3) is 0 Å². The molecule has 0 fully saturated rings. The van der Waals surface area contributed by atoms with E-state index in [0.717, 1.165) is 21.1 Å². The van der Waals surface area contributed by atoms with Gasteiger partial charge in [0.2, 0.25) is 0 Å². The van der Waals surface area contributed by atoms with Gasteiger partial charge in [-0.15, -0.1) is 0 Å². The van der Waals surface area contributed by atoms with Crippen LogP contribution in [0, 0.1) is 0 Å². The molecule has 0 aliphatic carbocycles. The number of hydrogen-bond donors (Lipinski definition) is 1. The molecule has 0 unspecified atom stereocenters. The molecule has 19 heavy (non-hydrogen) atoms. The van der Waals surface area contributed by atoms with Gasteiger partial charge in [-0.2, -0.15) is 0 Å². The van der Waals surface area contributed by atoms with Crippen molar-refractivity contribution >= 4 is 37.8 Å². The SMILES string of the molecule is CC(C)(C)N(CCC(=O)O)Cc1ccc(Br)c(Br)c1. The second-order valence-electron chi connectivity index (χ2n) is 5.48. The highest BCUT2D eigenvalue weighted by molar-refractivity contribution is 9.13. The third-order valence-corrected chi connectivity index (χ3v) is 4.78. The Balaban J connectivity index is 2.81. The van der Waals surface area contributed by atoms with Crippen LogP contribution < -0.4 is 0 Å². The normalized spacial score (nSPS) is 11.9. The lowest BCUT2D eigenvalue weighted by atomic mass is 10.0. The van der Waals surface area contributed by atoms with Crippen LogP contribution in [0.5, 0.6) is 0 Å². The van der Waals surface area contributed by atoms with E-state index in [4.69, 9.17) is 5.11 Å². The smallest absolute Gasteiger partial charge is 0.304 e. The Bertz CT molecular complexity index is 455. The average molecular weight is 393 g/mol. The maximum absolute atomic E-state index is 10.7. The Morgan fingerprint density at radius 3 is 2.37 bits per heavy atom. The predicted molar refractivity (Wildman–Crippen MR) is 84.3 cm³/mol. The first kappa shape index (κ1) is 16.7. The van der Waals surface area contributed by atoms with Crippen molar-refractivity contribution in [3.8, 4) is 0 Å². The third-order valence-electron chi connectivity index (χ3n) is 2.90. The van der Waals surface area contributed by atoms with E-state index in [9.17, 15) is 4.79 Å². The van der Waals surface area contributed by atoms with Crippen molar-refractivity contribution in [3.63, 3.8) is 0 Å². The monoisotopic (exact) mass is 391 g/mol. The number of benzene rings is 1. The second-order valence-corrected chi connectivity index (χ2v) is 7.19. The Hall–Kier alpha value is -0.390. The number of rotatable bonds is 5. The van der Waals surface area contributed by atoms with Crippen molar-refractivity contribution < 1.29 is 9.90 Å². The van der Waals surface area contributed by atoms with E-state index in [-0.39, 0.29) is 12.0 Å². The van der Waals surface area contributed by atoms with Crippen molar-refractivity contribution in [2.24, 2.45) is 0 Å². The summed E-state index contributed by atoms with van der Waals surface area (Å²) < 4.78 is 2.03. The fraction of sp³-hybridized carbons (Fsp3) is 0.500. The molecule has 0 atom stereocenters. The largest absolute Gasteiger partial charge is 0.481 e. The van der Waals surface area contributed by atoms with Crippen molar-refractivity contribution in [1.29, 1.82) is 0 Å². The number of carboxylic acid groups (broad SMARTS) is 1. The number of nitrogens with zero attached hydrogens (tertiary/aromatic N) is 1. The topological polar surface area (TPSA) is 40.5 Å². The van der Waals surface area contributed by atoms with Crippen LogP contribution in [0.4, 0.5) is 0 Å². The first-order valence-corrected chi connectivity index (χ1v) is 7.69.